The van der Waals surface area contributed by atoms with E-state index in [1.807, 2.05) is 0 Å². The van der Waals surface area contributed by atoms with Crippen LogP contribution in [-0.2, 0) is 4.74 Å². The summed E-state index contributed by atoms with van der Waals surface area (Å²) >= 11 is 0. The molecule has 9 atom stereocenters. The van der Waals surface area contributed by atoms with E-state index in [9.17, 15) is 10.4 Å². The first kappa shape index (κ1) is 18.7. The number of aliphatic hydroxyl groups is 2. The molecule has 0 aromatic rings. The predicted octanol–water partition coefficient (Wildman–Crippen LogP) is 3.52. The van der Waals surface area contributed by atoms with Crippen LogP contribution in [0.4, 0.5) is 0 Å². The Hall–Kier alpha value is -0.630. The standard InChI is InChI=1S/C22H35NO3/c1-21-8-7-18-16(17(21)6-4-15(21)13-23)5-3-14-11-19(25)20(26-10-9-24)12-22(14,18)2/h14-20,24-25H,3-12H2,1-2H3/t14?,15-,16+,17?,18?,19+,20+,21-,22+/m1/s1. The van der Waals surface area contributed by atoms with Crippen LogP contribution in [0.5, 0.6) is 0 Å². The molecule has 4 saturated carbocycles. The maximum Gasteiger partial charge on any atom is 0.0840 e. The summed E-state index contributed by atoms with van der Waals surface area (Å²) in [6.45, 7) is 5.18. The van der Waals surface area contributed by atoms with Gasteiger partial charge < -0.3 is 14.9 Å². The molecule has 0 bridgehead atoms. The molecule has 0 saturated heterocycles. The van der Waals surface area contributed by atoms with Gasteiger partial charge in [0.1, 0.15) is 0 Å². The molecule has 4 fully saturated rings. The van der Waals surface area contributed by atoms with Gasteiger partial charge in [-0.25, -0.2) is 0 Å². The number of aliphatic hydroxyl groups excluding tert-OH is 2. The van der Waals surface area contributed by atoms with Gasteiger partial charge in [0.25, 0.3) is 0 Å². The van der Waals surface area contributed by atoms with E-state index in [1.165, 1.54) is 32.1 Å². The summed E-state index contributed by atoms with van der Waals surface area (Å²) in [7, 11) is 0. The molecule has 2 N–H and O–H groups in total. The van der Waals surface area contributed by atoms with E-state index >= 15 is 0 Å². The molecule has 0 aromatic heterocycles. The number of fused-ring (bicyclic) bond motifs is 5. The second-order valence-electron chi connectivity index (χ2n) is 10.1. The van der Waals surface area contributed by atoms with Crippen LogP contribution in [0.2, 0.25) is 0 Å². The number of rotatable bonds is 3. The fourth-order valence-electron chi connectivity index (χ4n) is 7.84. The molecule has 4 nitrogen and oxygen atoms in total. The largest absolute Gasteiger partial charge is 0.394 e. The topological polar surface area (TPSA) is 73.5 Å². The molecule has 4 rings (SSSR count). The van der Waals surface area contributed by atoms with Gasteiger partial charge in [-0.15, -0.1) is 0 Å². The summed E-state index contributed by atoms with van der Waals surface area (Å²) in [4.78, 5) is 0. The lowest BCUT2D eigenvalue weighted by Crippen LogP contribution is -2.57. The Morgan fingerprint density at radius 2 is 1.85 bits per heavy atom. The predicted molar refractivity (Wildman–Crippen MR) is 99.0 cm³/mol. The van der Waals surface area contributed by atoms with E-state index in [2.05, 4.69) is 19.9 Å². The molecule has 0 aliphatic heterocycles. The molecule has 0 spiro atoms. The van der Waals surface area contributed by atoms with E-state index in [0.29, 0.717) is 24.4 Å². The van der Waals surface area contributed by atoms with Crippen molar-refractivity contribution in [3.63, 3.8) is 0 Å². The van der Waals surface area contributed by atoms with E-state index in [1.54, 1.807) is 0 Å². The summed E-state index contributed by atoms with van der Waals surface area (Å²) in [6, 6.07) is 2.62. The third-order valence-electron chi connectivity index (χ3n) is 9.24. The molecular formula is C22H35NO3. The summed E-state index contributed by atoms with van der Waals surface area (Å²) in [5.41, 5.74) is 0.453. The van der Waals surface area contributed by atoms with E-state index < -0.39 is 0 Å². The van der Waals surface area contributed by atoms with Gasteiger partial charge in [0.05, 0.1) is 37.4 Å². The Balaban J connectivity index is 1.57. The molecule has 0 amide bonds. The second kappa shape index (κ2) is 6.76. The van der Waals surface area contributed by atoms with E-state index in [0.717, 1.165) is 25.2 Å². The van der Waals surface area contributed by atoms with Crippen LogP contribution in [0.3, 0.4) is 0 Å². The zero-order valence-corrected chi connectivity index (χ0v) is 16.4. The van der Waals surface area contributed by atoms with Gasteiger partial charge in [0.2, 0.25) is 0 Å². The minimum absolute atomic E-state index is 0.0192. The zero-order valence-electron chi connectivity index (χ0n) is 16.4. The van der Waals surface area contributed by atoms with Crippen LogP contribution in [-0.4, -0.2) is 35.6 Å². The summed E-state index contributed by atoms with van der Waals surface area (Å²) in [5.74, 6) is 2.97. The molecular weight excluding hydrogens is 326 g/mol. The molecule has 0 aromatic carbocycles. The summed E-state index contributed by atoms with van der Waals surface area (Å²) < 4.78 is 5.84. The molecule has 4 heteroatoms. The maximum absolute atomic E-state index is 10.6. The van der Waals surface area contributed by atoms with Gasteiger partial charge in [-0.1, -0.05) is 13.8 Å². The van der Waals surface area contributed by atoms with Gasteiger partial charge in [0.15, 0.2) is 0 Å². The average molecular weight is 362 g/mol. The first-order valence-electron chi connectivity index (χ1n) is 10.7. The van der Waals surface area contributed by atoms with E-state index in [-0.39, 0.29) is 35.6 Å². The third-order valence-corrected chi connectivity index (χ3v) is 9.24. The lowest BCUT2D eigenvalue weighted by Gasteiger charge is -2.61. The van der Waals surface area contributed by atoms with Crippen molar-refractivity contribution in [1.82, 2.24) is 0 Å². The quantitative estimate of drug-likeness (QED) is 0.807. The third kappa shape index (κ3) is 2.65. The SMILES string of the molecule is C[C@]12C[C@H](OCCO)[C@@H](O)CC1CC[C@@H]1C2CC[C@@]2(C)C1CC[C@@H]2C#N. The van der Waals surface area contributed by atoms with Gasteiger partial charge in [-0.2, -0.15) is 5.26 Å². The molecule has 4 aliphatic carbocycles. The highest BCUT2D eigenvalue weighted by molar-refractivity contribution is 5.13. The van der Waals surface area contributed by atoms with Crippen LogP contribution in [0.1, 0.15) is 65.2 Å². The van der Waals surface area contributed by atoms with Crippen LogP contribution >= 0.6 is 0 Å². The highest BCUT2D eigenvalue weighted by atomic mass is 16.5. The van der Waals surface area contributed by atoms with E-state index in [4.69, 9.17) is 9.84 Å². The van der Waals surface area contributed by atoms with Crippen molar-refractivity contribution < 1.29 is 14.9 Å². The van der Waals surface area contributed by atoms with Crippen LogP contribution in [0, 0.1) is 51.8 Å². The monoisotopic (exact) mass is 361 g/mol. The molecule has 146 valence electrons. The van der Waals surface area contributed by atoms with Crippen molar-refractivity contribution in [2.45, 2.75) is 77.4 Å². The summed E-state index contributed by atoms with van der Waals surface area (Å²) in [6.07, 6.45) is 8.46. The van der Waals surface area contributed by atoms with Crippen molar-refractivity contribution in [2.75, 3.05) is 13.2 Å². The zero-order chi connectivity index (χ0) is 18.5. The minimum atomic E-state index is -0.389. The first-order valence-corrected chi connectivity index (χ1v) is 10.7. The molecule has 4 aliphatic rings. The fraction of sp³-hybridized carbons (Fsp3) is 0.955. The van der Waals surface area contributed by atoms with Crippen molar-refractivity contribution in [2.24, 2.45) is 40.4 Å². The van der Waals surface area contributed by atoms with Crippen molar-refractivity contribution in [1.29, 1.82) is 5.26 Å². The lowest BCUT2D eigenvalue weighted by atomic mass is 9.44. The maximum atomic E-state index is 10.6. The second-order valence-corrected chi connectivity index (χ2v) is 10.1. The number of ether oxygens (including phenoxy) is 1. The molecule has 0 radical (unpaired) electrons. The Morgan fingerprint density at radius 3 is 2.58 bits per heavy atom. The Labute approximate surface area is 157 Å². The highest BCUT2D eigenvalue weighted by Gasteiger charge is 2.61. The van der Waals surface area contributed by atoms with Gasteiger partial charge >= 0.3 is 0 Å². The van der Waals surface area contributed by atoms with Crippen molar-refractivity contribution >= 4 is 0 Å². The van der Waals surface area contributed by atoms with Crippen LogP contribution in [0.15, 0.2) is 0 Å². The normalized spacial score (nSPS) is 53.3. The Kier molecular flexibility index (Phi) is 4.87. The summed E-state index contributed by atoms with van der Waals surface area (Å²) in [5, 5.41) is 29.3. The lowest BCUT2D eigenvalue weighted by molar-refractivity contribution is -0.172. The van der Waals surface area contributed by atoms with Crippen LogP contribution in [0.25, 0.3) is 0 Å². The van der Waals surface area contributed by atoms with Crippen LogP contribution < -0.4 is 0 Å². The number of hydrogen-bond acceptors (Lipinski definition) is 4. The number of hydrogen-bond donors (Lipinski definition) is 2. The first-order chi connectivity index (χ1) is 12.4. The molecule has 3 unspecified atom stereocenters. The van der Waals surface area contributed by atoms with Gasteiger partial charge in [-0.05, 0) is 85.9 Å². The fourth-order valence-corrected chi connectivity index (χ4v) is 7.84. The number of nitriles is 1. The molecule has 26 heavy (non-hydrogen) atoms. The average Bonchev–Trinajstić information content (AvgIpc) is 2.97. The number of nitrogens with zero attached hydrogens (tertiary/aromatic N) is 1. The van der Waals surface area contributed by atoms with Crippen molar-refractivity contribution in [3.8, 4) is 6.07 Å². The van der Waals surface area contributed by atoms with Gasteiger partial charge in [0, 0.05) is 0 Å². The smallest absolute Gasteiger partial charge is 0.0840 e. The van der Waals surface area contributed by atoms with Gasteiger partial charge in [-0.3, -0.25) is 0 Å². The Bertz CT molecular complexity index is 574. The Morgan fingerprint density at radius 1 is 1.08 bits per heavy atom. The highest BCUT2D eigenvalue weighted by Crippen LogP contribution is 2.67. The minimum Gasteiger partial charge on any atom is -0.394 e. The molecule has 0 heterocycles. The van der Waals surface area contributed by atoms with Crippen molar-refractivity contribution in [3.05, 3.63) is 0 Å².